The predicted octanol–water partition coefficient (Wildman–Crippen LogP) is 6.94. The van der Waals surface area contributed by atoms with Gasteiger partial charge in [0.25, 0.3) is 11.8 Å². The number of thiocarbonyl (C=S) groups is 1. The molecule has 2 amide bonds. The molecule has 0 bridgehead atoms. The lowest BCUT2D eigenvalue weighted by Gasteiger charge is -2.10. The van der Waals surface area contributed by atoms with Gasteiger partial charge in [-0.2, -0.15) is 0 Å². The van der Waals surface area contributed by atoms with Crippen molar-refractivity contribution in [3.63, 3.8) is 0 Å². The van der Waals surface area contributed by atoms with E-state index < -0.39 is 5.91 Å². The molecule has 0 saturated carbocycles. The highest BCUT2D eigenvalue weighted by atomic mass is 35.5. The van der Waals surface area contributed by atoms with Gasteiger partial charge in [0.2, 0.25) is 0 Å². The summed E-state index contributed by atoms with van der Waals surface area (Å²) in [5.74, 6) is -0.248. The zero-order valence-electron chi connectivity index (χ0n) is 18.4. The van der Waals surface area contributed by atoms with Crippen molar-refractivity contribution >= 4 is 63.7 Å². The summed E-state index contributed by atoms with van der Waals surface area (Å²) in [5, 5.41) is 9.15. The number of benzene rings is 3. The highest BCUT2D eigenvalue weighted by Crippen LogP contribution is 2.34. The summed E-state index contributed by atoms with van der Waals surface area (Å²) in [7, 11) is 0. The van der Waals surface area contributed by atoms with Crippen LogP contribution in [0, 0.1) is 6.92 Å². The van der Waals surface area contributed by atoms with E-state index in [0.29, 0.717) is 38.3 Å². The van der Waals surface area contributed by atoms with Crippen molar-refractivity contribution in [1.29, 1.82) is 0 Å². The standard InChI is InChI=1S/C26H19Cl2N3O3S/c1-15-4-2-5-16(14-15)24(32)29-17-8-10-18(11-9-17)30-26(35)31-25(33)22-13-12-21(34-22)19-6-3-7-20(27)23(19)28/h2-14H,1H3,(H,29,32)(H2,30,31,33,35). The monoisotopic (exact) mass is 523 g/mol. The Labute approximate surface area is 217 Å². The van der Waals surface area contributed by atoms with E-state index >= 15 is 0 Å². The summed E-state index contributed by atoms with van der Waals surface area (Å²) < 4.78 is 5.63. The number of carbonyl (C=O) groups excluding carboxylic acids is 2. The maximum Gasteiger partial charge on any atom is 0.293 e. The lowest BCUT2D eigenvalue weighted by Crippen LogP contribution is -2.33. The fourth-order valence-corrected chi connectivity index (χ4v) is 3.86. The van der Waals surface area contributed by atoms with Gasteiger partial charge in [-0.15, -0.1) is 0 Å². The Morgan fingerprint density at radius 3 is 2.23 bits per heavy atom. The molecule has 0 unspecified atom stereocenters. The van der Waals surface area contributed by atoms with Gasteiger partial charge in [-0.25, -0.2) is 0 Å². The fourth-order valence-electron chi connectivity index (χ4n) is 3.25. The SMILES string of the molecule is Cc1cccc(C(=O)Nc2ccc(NC(=S)NC(=O)c3ccc(-c4cccc(Cl)c4Cl)o3)cc2)c1. The number of anilines is 2. The van der Waals surface area contributed by atoms with Crippen LogP contribution in [0.2, 0.25) is 10.0 Å². The van der Waals surface area contributed by atoms with Crippen molar-refractivity contribution in [3.8, 4) is 11.3 Å². The smallest absolute Gasteiger partial charge is 0.293 e. The van der Waals surface area contributed by atoms with Crippen molar-refractivity contribution in [3.05, 3.63) is 106 Å². The molecule has 6 nitrogen and oxygen atoms in total. The largest absolute Gasteiger partial charge is 0.451 e. The number of nitrogens with one attached hydrogen (secondary N) is 3. The highest BCUT2D eigenvalue weighted by Gasteiger charge is 2.16. The van der Waals surface area contributed by atoms with Gasteiger partial charge in [0.15, 0.2) is 10.9 Å². The second-order valence-corrected chi connectivity index (χ2v) is 8.77. The quantitative estimate of drug-likeness (QED) is 0.246. The van der Waals surface area contributed by atoms with Crippen LogP contribution in [0.1, 0.15) is 26.5 Å². The highest BCUT2D eigenvalue weighted by molar-refractivity contribution is 7.80. The lowest BCUT2D eigenvalue weighted by atomic mass is 10.1. The second kappa shape index (κ2) is 10.7. The van der Waals surface area contributed by atoms with Gasteiger partial charge in [-0.1, -0.05) is 47.0 Å². The molecule has 3 aromatic carbocycles. The van der Waals surface area contributed by atoms with E-state index in [1.165, 1.54) is 6.07 Å². The van der Waals surface area contributed by atoms with Crippen LogP contribution in [-0.4, -0.2) is 16.9 Å². The van der Waals surface area contributed by atoms with Gasteiger partial charge >= 0.3 is 0 Å². The van der Waals surface area contributed by atoms with Crippen molar-refractivity contribution in [2.24, 2.45) is 0 Å². The zero-order valence-corrected chi connectivity index (χ0v) is 20.7. The molecular weight excluding hydrogens is 505 g/mol. The number of hydrogen-bond donors (Lipinski definition) is 3. The van der Waals surface area contributed by atoms with Crippen molar-refractivity contribution in [2.75, 3.05) is 10.6 Å². The molecule has 1 aromatic heterocycles. The topological polar surface area (TPSA) is 83.4 Å². The summed E-state index contributed by atoms with van der Waals surface area (Å²) >= 11 is 17.5. The Bertz CT molecular complexity index is 1420. The summed E-state index contributed by atoms with van der Waals surface area (Å²) in [4.78, 5) is 24.9. The lowest BCUT2D eigenvalue weighted by molar-refractivity contribution is 0.0950. The average molecular weight is 524 g/mol. The molecule has 176 valence electrons. The molecule has 4 aromatic rings. The molecule has 9 heteroatoms. The number of aryl methyl sites for hydroxylation is 1. The van der Waals surface area contributed by atoms with Gasteiger partial charge in [0.1, 0.15) is 5.76 Å². The van der Waals surface area contributed by atoms with E-state index in [-0.39, 0.29) is 16.8 Å². The van der Waals surface area contributed by atoms with Crippen molar-refractivity contribution in [1.82, 2.24) is 5.32 Å². The van der Waals surface area contributed by atoms with Gasteiger partial charge < -0.3 is 15.1 Å². The Balaban J connectivity index is 1.34. The number of hydrogen-bond acceptors (Lipinski definition) is 4. The summed E-state index contributed by atoms with van der Waals surface area (Å²) in [5.41, 5.74) is 3.42. The van der Waals surface area contributed by atoms with Crippen LogP contribution in [0.3, 0.4) is 0 Å². The van der Waals surface area contributed by atoms with E-state index in [1.54, 1.807) is 54.6 Å². The molecule has 0 aliphatic rings. The van der Waals surface area contributed by atoms with Gasteiger partial charge in [0.05, 0.1) is 10.0 Å². The molecule has 0 radical (unpaired) electrons. The maximum atomic E-state index is 12.5. The first-order valence-electron chi connectivity index (χ1n) is 10.4. The summed E-state index contributed by atoms with van der Waals surface area (Å²) in [6, 6.07) is 22.6. The number of halogens is 2. The van der Waals surface area contributed by atoms with E-state index in [4.69, 9.17) is 39.8 Å². The van der Waals surface area contributed by atoms with Crippen LogP contribution in [0.25, 0.3) is 11.3 Å². The Hall–Kier alpha value is -3.65. The Morgan fingerprint density at radius 1 is 0.829 bits per heavy atom. The number of rotatable bonds is 5. The van der Waals surface area contributed by atoms with E-state index in [9.17, 15) is 9.59 Å². The first-order valence-corrected chi connectivity index (χ1v) is 11.6. The van der Waals surface area contributed by atoms with Gasteiger partial charge in [-0.3, -0.25) is 14.9 Å². The third-order valence-corrected chi connectivity index (χ3v) is 5.98. The van der Waals surface area contributed by atoms with Crippen LogP contribution in [-0.2, 0) is 0 Å². The molecule has 0 saturated heterocycles. The van der Waals surface area contributed by atoms with Crippen LogP contribution in [0.15, 0.2) is 83.3 Å². The molecular formula is C26H19Cl2N3O3S. The minimum Gasteiger partial charge on any atom is -0.451 e. The number of furan rings is 1. The van der Waals surface area contributed by atoms with Crippen LogP contribution in [0.5, 0.6) is 0 Å². The van der Waals surface area contributed by atoms with E-state index in [2.05, 4.69) is 16.0 Å². The molecule has 0 aliphatic heterocycles. The third-order valence-electron chi connectivity index (χ3n) is 4.95. The average Bonchev–Trinajstić information content (AvgIpc) is 3.32. The van der Waals surface area contributed by atoms with Crippen molar-refractivity contribution in [2.45, 2.75) is 6.92 Å². The second-order valence-electron chi connectivity index (χ2n) is 7.57. The maximum absolute atomic E-state index is 12.5. The molecule has 0 spiro atoms. The molecule has 0 aliphatic carbocycles. The molecule has 3 N–H and O–H groups in total. The summed E-state index contributed by atoms with van der Waals surface area (Å²) in [6.07, 6.45) is 0. The van der Waals surface area contributed by atoms with Crippen molar-refractivity contribution < 1.29 is 14.0 Å². The fraction of sp³-hybridized carbons (Fsp3) is 0.0385. The first-order chi connectivity index (χ1) is 16.8. The predicted molar refractivity (Wildman–Crippen MR) is 143 cm³/mol. The number of amides is 2. The van der Waals surface area contributed by atoms with Crippen LogP contribution in [0.4, 0.5) is 11.4 Å². The van der Waals surface area contributed by atoms with E-state index in [1.807, 2.05) is 25.1 Å². The molecule has 0 fully saturated rings. The Kier molecular flexibility index (Phi) is 7.51. The minimum atomic E-state index is -0.520. The van der Waals surface area contributed by atoms with Gasteiger partial charge in [0, 0.05) is 22.5 Å². The minimum absolute atomic E-state index is 0.0643. The van der Waals surface area contributed by atoms with Crippen LogP contribution < -0.4 is 16.0 Å². The molecule has 35 heavy (non-hydrogen) atoms. The third kappa shape index (κ3) is 6.08. The van der Waals surface area contributed by atoms with Crippen LogP contribution >= 0.6 is 35.4 Å². The molecule has 4 rings (SSSR count). The Morgan fingerprint density at radius 2 is 1.51 bits per heavy atom. The van der Waals surface area contributed by atoms with E-state index in [0.717, 1.165) is 5.56 Å². The zero-order chi connectivity index (χ0) is 24.9. The molecule has 0 atom stereocenters. The molecule has 1 heterocycles. The number of carbonyl (C=O) groups is 2. The first kappa shape index (κ1) is 24.5. The normalized spacial score (nSPS) is 10.5. The van der Waals surface area contributed by atoms with Gasteiger partial charge in [-0.05, 0) is 79.8 Å². The summed E-state index contributed by atoms with van der Waals surface area (Å²) in [6.45, 7) is 1.93.